The van der Waals surface area contributed by atoms with Gasteiger partial charge in [-0.15, -0.1) is 0 Å². The first kappa shape index (κ1) is 21.7. The van der Waals surface area contributed by atoms with Gasteiger partial charge in [0, 0.05) is 13.1 Å². The van der Waals surface area contributed by atoms with Crippen LogP contribution < -0.4 is 15.0 Å². The summed E-state index contributed by atoms with van der Waals surface area (Å²) in [5.41, 5.74) is 0.523. The van der Waals surface area contributed by atoms with E-state index < -0.39 is 4.92 Å². The summed E-state index contributed by atoms with van der Waals surface area (Å²) in [4.78, 5) is 38.0. The Morgan fingerprint density at radius 1 is 1.34 bits per heavy atom. The number of ether oxygens (including phenoxy) is 2. The molecule has 0 amide bonds. The quantitative estimate of drug-likeness (QED) is 0.318. The Morgan fingerprint density at radius 2 is 2.12 bits per heavy atom. The number of esters is 1. The van der Waals surface area contributed by atoms with Gasteiger partial charge in [0.1, 0.15) is 12.1 Å². The van der Waals surface area contributed by atoms with Gasteiger partial charge in [-0.2, -0.15) is 0 Å². The molecule has 1 saturated heterocycles. The van der Waals surface area contributed by atoms with E-state index in [4.69, 9.17) is 9.47 Å². The number of piperidine rings is 1. The van der Waals surface area contributed by atoms with Crippen molar-refractivity contribution in [3.8, 4) is 5.75 Å². The van der Waals surface area contributed by atoms with Crippen LogP contribution in [-0.2, 0) is 9.53 Å². The fourth-order valence-corrected chi connectivity index (χ4v) is 4.53. The maximum atomic E-state index is 12.0. The van der Waals surface area contributed by atoms with Gasteiger partial charge in [0.15, 0.2) is 5.13 Å². The van der Waals surface area contributed by atoms with Crippen LogP contribution in [0.4, 0.5) is 22.5 Å². The fourth-order valence-electron chi connectivity index (χ4n) is 3.63. The molecule has 0 radical (unpaired) electrons. The monoisotopic (exact) mass is 458 g/mol. The number of thiazole rings is 1. The topological polar surface area (TPSA) is 133 Å². The summed E-state index contributed by atoms with van der Waals surface area (Å²) >= 11 is 1.34. The Kier molecular flexibility index (Phi) is 6.30. The standard InChI is InChI=1S/C20H22N6O5S/c1-3-31-19(27)12-6-8-25(9-7-12)18-16(26(28)29)17(21-11-22-18)24-20-23-14-5-4-13(30-2)10-15(14)32-20/h4-5,10-12H,3,6-9H2,1-2H3,(H,21,22,23,24). The molecule has 168 valence electrons. The number of nitro groups is 1. The van der Waals surface area contributed by atoms with Crippen molar-refractivity contribution in [2.24, 2.45) is 5.92 Å². The minimum Gasteiger partial charge on any atom is -0.497 e. The molecule has 0 saturated carbocycles. The summed E-state index contributed by atoms with van der Waals surface area (Å²) in [6, 6.07) is 5.48. The summed E-state index contributed by atoms with van der Waals surface area (Å²) < 4.78 is 11.2. The maximum Gasteiger partial charge on any atom is 0.353 e. The number of hydrogen-bond acceptors (Lipinski definition) is 11. The molecule has 1 aliphatic rings. The zero-order valence-electron chi connectivity index (χ0n) is 17.6. The highest BCUT2D eigenvalue weighted by atomic mass is 32.1. The number of rotatable bonds is 7. The molecule has 12 heteroatoms. The molecule has 11 nitrogen and oxygen atoms in total. The second-order valence-corrected chi connectivity index (χ2v) is 8.17. The van der Waals surface area contributed by atoms with Crippen molar-refractivity contribution < 1.29 is 19.2 Å². The molecule has 1 fully saturated rings. The number of methoxy groups -OCH3 is 1. The first-order valence-electron chi connectivity index (χ1n) is 10.1. The molecule has 2 aromatic heterocycles. The predicted octanol–water partition coefficient (Wildman–Crippen LogP) is 3.53. The van der Waals surface area contributed by atoms with Crippen molar-refractivity contribution in [3.63, 3.8) is 0 Å². The molecule has 3 aromatic rings. The third-order valence-electron chi connectivity index (χ3n) is 5.22. The van der Waals surface area contributed by atoms with Crippen LogP contribution in [0.5, 0.6) is 5.75 Å². The van der Waals surface area contributed by atoms with E-state index in [9.17, 15) is 14.9 Å². The van der Waals surface area contributed by atoms with Crippen LogP contribution in [0.3, 0.4) is 0 Å². The summed E-state index contributed by atoms with van der Waals surface area (Å²) in [6.07, 6.45) is 2.38. The first-order chi connectivity index (χ1) is 15.5. The molecule has 0 aliphatic carbocycles. The number of fused-ring (bicyclic) bond motifs is 1. The van der Waals surface area contributed by atoms with Gasteiger partial charge in [-0.25, -0.2) is 15.0 Å². The van der Waals surface area contributed by atoms with Crippen LogP contribution in [0, 0.1) is 16.0 Å². The molecule has 1 N–H and O–H groups in total. The average molecular weight is 459 g/mol. The van der Waals surface area contributed by atoms with Crippen molar-refractivity contribution in [2.45, 2.75) is 19.8 Å². The molecular formula is C20H22N6O5S. The molecule has 4 rings (SSSR count). The molecule has 0 unspecified atom stereocenters. The number of nitrogens with one attached hydrogen (secondary N) is 1. The van der Waals surface area contributed by atoms with Crippen LogP contribution in [0.1, 0.15) is 19.8 Å². The molecule has 3 heterocycles. The van der Waals surface area contributed by atoms with E-state index in [1.165, 1.54) is 17.7 Å². The van der Waals surface area contributed by atoms with Crippen LogP contribution in [0.25, 0.3) is 10.2 Å². The Hall–Kier alpha value is -3.54. The van der Waals surface area contributed by atoms with Gasteiger partial charge in [0.2, 0.25) is 11.6 Å². The second kappa shape index (κ2) is 9.30. The molecule has 32 heavy (non-hydrogen) atoms. The number of hydrogen-bond donors (Lipinski definition) is 1. The largest absolute Gasteiger partial charge is 0.497 e. The number of carbonyl (C=O) groups is 1. The van der Waals surface area contributed by atoms with Gasteiger partial charge in [-0.1, -0.05) is 11.3 Å². The third kappa shape index (κ3) is 4.40. The Labute approximate surface area is 187 Å². The molecule has 1 aliphatic heterocycles. The number of aromatic nitrogens is 3. The summed E-state index contributed by atoms with van der Waals surface area (Å²) in [5, 5.41) is 15.4. The van der Waals surface area contributed by atoms with Gasteiger partial charge in [0.05, 0.1) is 34.8 Å². The Bertz CT molecular complexity index is 1140. The molecule has 1 aromatic carbocycles. The fraction of sp³-hybridized carbons (Fsp3) is 0.400. The smallest absolute Gasteiger partial charge is 0.353 e. The summed E-state index contributed by atoms with van der Waals surface area (Å²) in [7, 11) is 1.59. The number of anilines is 3. The van der Waals surface area contributed by atoms with Gasteiger partial charge < -0.3 is 19.7 Å². The predicted molar refractivity (Wildman–Crippen MR) is 120 cm³/mol. The molecule has 0 atom stereocenters. The minimum absolute atomic E-state index is 0.0681. The van der Waals surface area contributed by atoms with Crippen LogP contribution in [0.15, 0.2) is 24.5 Å². The SMILES string of the molecule is CCOC(=O)C1CCN(c2ncnc(Nc3nc4ccc(OC)cc4s3)c2[N+](=O)[O-])CC1. The van der Waals surface area contributed by atoms with Gasteiger partial charge >= 0.3 is 11.7 Å². The third-order valence-corrected chi connectivity index (χ3v) is 6.15. The lowest BCUT2D eigenvalue weighted by atomic mass is 9.97. The zero-order valence-corrected chi connectivity index (χ0v) is 18.4. The van der Waals surface area contributed by atoms with E-state index in [0.717, 1.165) is 10.2 Å². The first-order valence-corrected chi connectivity index (χ1v) is 10.9. The normalized spacial score (nSPS) is 14.4. The Balaban J connectivity index is 1.58. The van der Waals surface area contributed by atoms with Gasteiger partial charge in [-0.05, 0) is 38.0 Å². The zero-order chi connectivity index (χ0) is 22.7. The lowest BCUT2D eigenvalue weighted by molar-refractivity contribution is -0.383. The van der Waals surface area contributed by atoms with Crippen molar-refractivity contribution in [1.29, 1.82) is 0 Å². The number of nitrogens with zero attached hydrogens (tertiary/aromatic N) is 5. The molecule has 0 spiro atoms. The Morgan fingerprint density at radius 3 is 2.81 bits per heavy atom. The van der Waals surface area contributed by atoms with E-state index in [0.29, 0.717) is 43.4 Å². The van der Waals surface area contributed by atoms with Crippen molar-refractivity contribution in [1.82, 2.24) is 15.0 Å². The minimum atomic E-state index is -0.495. The summed E-state index contributed by atoms with van der Waals surface area (Å²) in [6.45, 7) is 3.03. The van der Waals surface area contributed by atoms with Crippen LogP contribution >= 0.6 is 11.3 Å². The molecular weight excluding hydrogens is 436 g/mol. The van der Waals surface area contributed by atoms with Gasteiger partial charge in [-0.3, -0.25) is 14.9 Å². The van der Waals surface area contributed by atoms with Crippen molar-refractivity contribution in [2.75, 3.05) is 37.0 Å². The number of carbonyl (C=O) groups excluding carboxylic acids is 1. The lowest BCUT2D eigenvalue weighted by Crippen LogP contribution is -2.37. The highest BCUT2D eigenvalue weighted by Crippen LogP contribution is 2.37. The number of benzene rings is 1. The van der Waals surface area contributed by atoms with Crippen molar-refractivity contribution in [3.05, 3.63) is 34.6 Å². The van der Waals surface area contributed by atoms with Crippen molar-refractivity contribution >= 4 is 50.0 Å². The van der Waals surface area contributed by atoms with E-state index in [2.05, 4.69) is 20.3 Å². The highest BCUT2D eigenvalue weighted by Gasteiger charge is 2.32. The van der Waals surface area contributed by atoms with E-state index in [1.807, 2.05) is 17.0 Å². The van der Waals surface area contributed by atoms with E-state index >= 15 is 0 Å². The van der Waals surface area contributed by atoms with E-state index in [-0.39, 0.29) is 29.2 Å². The maximum absolute atomic E-state index is 12.0. The lowest BCUT2D eigenvalue weighted by Gasteiger charge is -2.31. The van der Waals surface area contributed by atoms with Crippen LogP contribution in [-0.4, -0.2) is 52.7 Å². The van der Waals surface area contributed by atoms with Gasteiger partial charge in [0.25, 0.3) is 0 Å². The summed E-state index contributed by atoms with van der Waals surface area (Å²) in [5.74, 6) is 0.564. The highest BCUT2D eigenvalue weighted by molar-refractivity contribution is 7.22. The average Bonchev–Trinajstić information content (AvgIpc) is 3.20. The van der Waals surface area contributed by atoms with E-state index in [1.54, 1.807) is 20.1 Å². The van der Waals surface area contributed by atoms with Crippen LogP contribution in [0.2, 0.25) is 0 Å². The molecule has 0 bridgehead atoms. The second-order valence-electron chi connectivity index (χ2n) is 7.14.